The second kappa shape index (κ2) is 7.44. The standard InChI is InChI=1S/C27H46O/c1-25(2,3)15-7-6-8-19-10-12-23-22-11-9-20-18-21(28)13-16-27(20,5)24(22)14-17-26(19,23)4/h9,19,21-24,28H,6-8,10-18H2,1-5H3/t19-,21?,22-,23?,24?,26?,27?/m0/s1. The van der Waals surface area contributed by atoms with Crippen molar-refractivity contribution in [3.63, 3.8) is 0 Å². The van der Waals surface area contributed by atoms with Crippen LogP contribution in [-0.2, 0) is 0 Å². The molecule has 0 aromatic carbocycles. The highest BCUT2D eigenvalue weighted by atomic mass is 16.3. The molecule has 3 saturated carbocycles. The van der Waals surface area contributed by atoms with Gasteiger partial charge in [-0.15, -0.1) is 0 Å². The Kier molecular flexibility index (Phi) is 5.56. The van der Waals surface area contributed by atoms with Crippen LogP contribution in [-0.4, -0.2) is 11.2 Å². The van der Waals surface area contributed by atoms with E-state index in [1.54, 1.807) is 5.57 Å². The lowest BCUT2D eigenvalue weighted by molar-refractivity contribution is -0.0509. The third-order valence-electron chi connectivity index (χ3n) is 10.0. The number of hydrogen-bond acceptors (Lipinski definition) is 1. The van der Waals surface area contributed by atoms with E-state index < -0.39 is 0 Å². The summed E-state index contributed by atoms with van der Waals surface area (Å²) in [5.41, 5.74) is 3.12. The fourth-order valence-electron chi connectivity index (χ4n) is 8.27. The van der Waals surface area contributed by atoms with Crippen molar-refractivity contribution in [2.75, 3.05) is 0 Å². The minimum atomic E-state index is -0.0753. The highest BCUT2D eigenvalue weighted by Gasteiger charge is 2.58. The Morgan fingerprint density at radius 1 is 1.00 bits per heavy atom. The SMILES string of the molecule is CC(C)(C)CCCC[C@H]1CCC2[C@@H]3CC=C4CC(O)CCC4(C)C3CCC21C. The molecule has 1 N–H and O–H groups in total. The monoisotopic (exact) mass is 386 g/mol. The number of rotatable bonds is 4. The fraction of sp³-hybridized carbons (Fsp3) is 0.926. The lowest BCUT2D eigenvalue weighted by atomic mass is 9.47. The molecule has 0 aliphatic heterocycles. The van der Waals surface area contributed by atoms with E-state index in [0.717, 1.165) is 36.5 Å². The maximum absolute atomic E-state index is 10.2. The molecule has 7 atom stereocenters. The van der Waals surface area contributed by atoms with Gasteiger partial charge in [-0.3, -0.25) is 0 Å². The molecule has 0 bridgehead atoms. The molecular weight excluding hydrogens is 340 g/mol. The largest absolute Gasteiger partial charge is 0.393 e. The van der Waals surface area contributed by atoms with Gasteiger partial charge in [-0.2, -0.15) is 0 Å². The summed E-state index contributed by atoms with van der Waals surface area (Å²) in [6.45, 7) is 12.4. The third kappa shape index (κ3) is 3.63. The predicted octanol–water partition coefficient (Wildman–Crippen LogP) is 7.53. The van der Waals surface area contributed by atoms with Crippen LogP contribution >= 0.6 is 0 Å². The number of aliphatic hydroxyl groups is 1. The van der Waals surface area contributed by atoms with E-state index in [1.807, 2.05) is 0 Å². The molecule has 0 aromatic rings. The lowest BCUT2D eigenvalue weighted by Gasteiger charge is -2.58. The molecule has 3 fully saturated rings. The average Bonchev–Trinajstić information content (AvgIpc) is 2.95. The van der Waals surface area contributed by atoms with Crippen LogP contribution in [0.15, 0.2) is 11.6 Å². The second-order valence-corrected chi connectivity index (χ2v) is 12.8. The average molecular weight is 387 g/mol. The van der Waals surface area contributed by atoms with Gasteiger partial charge in [0.25, 0.3) is 0 Å². The van der Waals surface area contributed by atoms with Gasteiger partial charge in [-0.25, -0.2) is 0 Å². The van der Waals surface area contributed by atoms with Crippen molar-refractivity contribution in [2.24, 2.45) is 39.9 Å². The molecule has 4 rings (SSSR count). The van der Waals surface area contributed by atoms with Gasteiger partial charge >= 0.3 is 0 Å². The highest BCUT2D eigenvalue weighted by molar-refractivity contribution is 5.25. The van der Waals surface area contributed by atoms with Crippen molar-refractivity contribution in [3.05, 3.63) is 11.6 Å². The zero-order valence-electron chi connectivity index (χ0n) is 19.4. The van der Waals surface area contributed by atoms with E-state index in [2.05, 4.69) is 40.7 Å². The van der Waals surface area contributed by atoms with Crippen molar-refractivity contribution in [1.82, 2.24) is 0 Å². The molecule has 4 aliphatic carbocycles. The number of aliphatic hydroxyl groups excluding tert-OH is 1. The molecular formula is C27H46O. The Labute approximate surface area is 174 Å². The van der Waals surface area contributed by atoms with Gasteiger partial charge in [0, 0.05) is 0 Å². The van der Waals surface area contributed by atoms with Crippen molar-refractivity contribution in [3.8, 4) is 0 Å². The summed E-state index contributed by atoms with van der Waals surface area (Å²) in [5.74, 6) is 3.74. The molecule has 0 aromatic heterocycles. The van der Waals surface area contributed by atoms with E-state index in [9.17, 15) is 5.11 Å². The van der Waals surface area contributed by atoms with E-state index in [1.165, 1.54) is 64.2 Å². The Bertz CT molecular complexity index is 598. The quantitative estimate of drug-likeness (QED) is 0.391. The van der Waals surface area contributed by atoms with Gasteiger partial charge in [-0.05, 0) is 104 Å². The molecule has 5 unspecified atom stereocenters. The number of unbranched alkanes of at least 4 members (excludes halogenated alkanes) is 1. The first-order valence-corrected chi connectivity index (χ1v) is 12.5. The van der Waals surface area contributed by atoms with Crippen LogP contribution in [0, 0.1) is 39.9 Å². The molecule has 0 spiro atoms. The van der Waals surface area contributed by atoms with Crippen LogP contribution < -0.4 is 0 Å². The molecule has 1 heteroatoms. The van der Waals surface area contributed by atoms with Crippen LogP contribution in [0.5, 0.6) is 0 Å². The van der Waals surface area contributed by atoms with Crippen molar-refractivity contribution in [1.29, 1.82) is 0 Å². The van der Waals surface area contributed by atoms with Crippen molar-refractivity contribution < 1.29 is 5.11 Å². The molecule has 4 aliphatic rings. The van der Waals surface area contributed by atoms with Crippen LogP contribution in [0.2, 0.25) is 0 Å². The smallest absolute Gasteiger partial charge is 0.0577 e. The summed E-state index contributed by atoms with van der Waals surface area (Å²) >= 11 is 0. The Balaban J connectivity index is 1.43. The van der Waals surface area contributed by atoms with Crippen molar-refractivity contribution in [2.45, 2.75) is 118 Å². The summed E-state index contributed by atoms with van der Waals surface area (Å²) < 4.78 is 0. The molecule has 0 heterocycles. The first-order chi connectivity index (χ1) is 13.1. The molecule has 0 amide bonds. The van der Waals surface area contributed by atoms with Crippen LogP contribution in [0.25, 0.3) is 0 Å². The van der Waals surface area contributed by atoms with E-state index in [-0.39, 0.29) is 6.10 Å². The highest BCUT2D eigenvalue weighted by Crippen LogP contribution is 2.66. The van der Waals surface area contributed by atoms with Crippen molar-refractivity contribution >= 4 is 0 Å². The normalized spacial score (nSPS) is 45.8. The number of fused-ring (bicyclic) bond motifs is 5. The molecule has 1 nitrogen and oxygen atoms in total. The fourth-order valence-corrected chi connectivity index (χ4v) is 8.27. The van der Waals surface area contributed by atoms with Crippen LogP contribution in [0.3, 0.4) is 0 Å². The third-order valence-corrected chi connectivity index (χ3v) is 10.0. The summed E-state index contributed by atoms with van der Waals surface area (Å²) in [4.78, 5) is 0. The van der Waals surface area contributed by atoms with Crippen LogP contribution in [0.4, 0.5) is 0 Å². The Hall–Kier alpha value is -0.300. The first-order valence-electron chi connectivity index (χ1n) is 12.5. The van der Waals surface area contributed by atoms with Gasteiger partial charge < -0.3 is 5.11 Å². The van der Waals surface area contributed by atoms with Gasteiger partial charge in [0.05, 0.1) is 6.10 Å². The Morgan fingerprint density at radius 3 is 2.54 bits per heavy atom. The minimum Gasteiger partial charge on any atom is -0.393 e. The topological polar surface area (TPSA) is 20.2 Å². The number of allylic oxidation sites excluding steroid dienone is 1. The van der Waals surface area contributed by atoms with E-state index in [4.69, 9.17) is 0 Å². The maximum atomic E-state index is 10.2. The summed E-state index contributed by atoms with van der Waals surface area (Å²) in [7, 11) is 0. The maximum Gasteiger partial charge on any atom is 0.0577 e. The van der Waals surface area contributed by atoms with Gasteiger partial charge in [0.1, 0.15) is 0 Å². The molecule has 0 saturated heterocycles. The second-order valence-electron chi connectivity index (χ2n) is 12.8. The predicted molar refractivity (Wildman–Crippen MR) is 119 cm³/mol. The molecule has 160 valence electrons. The van der Waals surface area contributed by atoms with E-state index >= 15 is 0 Å². The number of hydrogen-bond donors (Lipinski definition) is 1. The lowest BCUT2D eigenvalue weighted by Crippen LogP contribution is -2.50. The first kappa shape index (κ1) is 21.0. The summed E-state index contributed by atoms with van der Waals surface area (Å²) in [6.07, 6.45) is 18.6. The van der Waals surface area contributed by atoms with Gasteiger partial charge in [0.2, 0.25) is 0 Å². The molecule has 28 heavy (non-hydrogen) atoms. The van der Waals surface area contributed by atoms with Gasteiger partial charge in [-0.1, -0.05) is 59.1 Å². The minimum absolute atomic E-state index is 0.0753. The zero-order chi connectivity index (χ0) is 20.2. The summed E-state index contributed by atoms with van der Waals surface area (Å²) in [5, 5.41) is 10.2. The molecule has 0 radical (unpaired) electrons. The van der Waals surface area contributed by atoms with Gasteiger partial charge in [0.15, 0.2) is 0 Å². The zero-order valence-corrected chi connectivity index (χ0v) is 19.4. The Morgan fingerprint density at radius 2 is 1.79 bits per heavy atom. The van der Waals surface area contributed by atoms with E-state index in [0.29, 0.717) is 16.2 Å². The van der Waals surface area contributed by atoms with Crippen LogP contribution in [0.1, 0.15) is 112 Å². The summed E-state index contributed by atoms with van der Waals surface area (Å²) in [6, 6.07) is 0.